The topological polar surface area (TPSA) is 118 Å². The Morgan fingerprint density at radius 2 is 2.20 bits per heavy atom. The molecule has 0 bridgehead atoms. The molecule has 1 atom stereocenters. The number of hydrogen-bond donors (Lipinski definition) is 2. The first-order valence-corrected chi connectivity index (χ1v) is 7.88. The van der Waals surface area contributed by atoms with Crippen molar-refractivity contribution in [1.29, 1.82) is 0 Å². The van der Waals surface area contributed by atoms with Crippen LogP contribution in [0.3, 0.4) is 0 Å². The SMILES string of the molecule is O=C(O)Cn1ccc(NC(=O)C2CCCCS2(=O)=O)n1. The lowest BCUT2D eigenvalue weighted by atomic mass is 10.2. The van der Waals surface area contributed by atoms with Crippen molar-refractivity contribution in [3.63, 3.8) is 0 Å². The fourth-order valence-corrected chi connectivity index (χ4v) is 3.91. The molecule has 1 aromatic rings. The summed E-state index contributed by atoms with van der Waals surface area (Å²) in [5, 5.41) is 13.8. The summed E-state index contributed by atoms with van der Waals surface area (Å²) in [6, 6.07) is 1.43. The van der Waals surface area contributed by atoms with E-state index in [9.17, 15) is 18.0 Å². The Morgan fingerprint density at radius 3 is 2.85 bits per heavy atom. The van der Waals surface area contributed by atoms with Crippen molar-refractivity contribution in [2.24, 2.45) is 0 Å². The second-order valence-electron chi connectivity index (χ2n) is 4.63. The fraction of sp³-hybridized carbons (Fsp3) is 0.545. The monoisotopic (exact) mass is 301 g/mol. The normalized spacial score (nSPS) is 21.3. The van der Waals surface area contributed by atoms with E-state index in [1.54, 1.807) is 0 Å². The van der Waals surface area contributed by atoms with E-state index in [0.29, 0.717) is 19.3 Å². The second-order valence-corrected chi connectivity index (χ2v) is 6.94. The zero-order valence-electron chi connectivity index (χ0n) is 10.7. The average molecular weight is 301 g/mol. The molecule has 1 aromatic heterocycles. The summed E-state index contributed by atoms with van der Waals surface area (Å²) in [5.74, 6) is -1.48. The van der Waals surface area contributed by atoms with Crippen molar-refractivity contribution < 1.29 is 23.1 Å². The van der Waals surface area contributed by atoms with Gasteiger partial charge in [0, 0.05) is 12.3 Å². The van der Waals surface area contributed by atoms with Crippen LogP contribution in [-0.4, -0.2) is 46.2 Å². The van der Waals surface area contributed by atoms with Crippen LogP contribution in [-0.2, 0) is 26.0 Å². The number of aliphatic carboxylic acids is 1. The van der Waals surface area contributed by atoms with Crippen LogP contribution < -0.4 is 5.32 Å². The van der Waals surface area contributed by atoms with E-state index in [2.05, 4.69) is 10.4 Å². The lowest BCUT2D eigenvalue weighted by molar-refractivity contribution is -0.137. The minimum atomic E-state index is -3.40. The minimum Gasteiger partial charge on any atom is -0.480 e. The van der Waals surface area contributed by atoms with Crippen molar-refractivity contribution in [2.75, 3.05) is 11.1 Å². The van der Waals surface area contributed by atoms with Crippen LogP contribution in [0.5, 0.6) is 0 Å². The average Bonchev–Trinajstić information content (AvgIpc) is 2.74. The lowest BCUT2D eigenvalue weighted by Crippen LogP contribution is -2.39. The van der Waals surface area contributed by atoms with Crippen molar-refractivity contribution in [3.05, 3.63) is 12.3 Å². The van der Waals surface area contributed by atoms with E-state index >= 15 is 0 Å². The molecular weight excluding hydrogens is 286 g/mol. The van der Waals surface area contributed by atoms with Crippen LogP contribution in [0.25, 0.3) is 0 Å². The first kappa shape index (κ1) is 14.5. The predicted molar refractivity (Wildman–Crippen MR) is 69.9 cm³/mol. The summed E-state index contributed by atoms with van der Waals surface area (Å²) < 4.78 is 24.7. The van der Waals surface area contributed by atoms with Crippen LogP contribution in [0.4, 0.5) is 5.82 Å². The van der Waals surface area contributed by atoms with Gasteiger partial charge in [-0.15, -0.1) is 0 Å². The summed E-state index contributed by atoms with van der Waals surface area (Å²) >= 11 is 0. The summed E-state index contributed by atoms with van der Waals surface area (Å²) in [5.41, 5.74) is 0. The highest BCUT2D eigenvalue weighted by atomic mass is 32.2. The number of aromatic nitrogens is 2. The van der Waals surface area contributed by atoms with Crippen molar-refractivity contribution in [3.8, 4) is 0 Å². The first-order chi connectivity index (χ1) is 9.38. The first-order valence-electron chi connectivity index (χ1n) is 6.16. The van der Waals surface area contributed by atoms with Crippen LogP contribution in [0.1, 0.15) is 19.3 Å². The molecule has 1 aliphatic heterocycles. The minimum absolute atomic E-state index is 0.0263. The van der Waals surface area contributed by atoms with E-state index < -0.39 is 27.0 Å². The van der Waals surface area contributed by atoms with Crippen LogP contribution in [0.15, 0.2) is 12.3 Å². The molecule has 2 heterocycles. The van der Waals surface area contributed by atoms with Gasteiger partial charge in [0.05, 0.1) is 5.75 Å². The highest BCUT2D eigenvalue weighted by Gasteiger charge is 2.35. The van der Waals surface area contributed by atoms with Gasteiger partial charge in [0.2, 0.25) is 5.91 Å². The Labute approximate surface area is 115 Å². The lowest BCUT2D eigenvalue weighted by Gasteiger charge is -2.20. The van der Waals surface area contributed by atoms with Gasteiger partial charge in [-0.25, -0.2) is 8.42 Å². The summed E-state index contributed by atoms with van der Waals surface area (Å²) in [6.45, 7) is -0.322. The Kier molecular flexibility index (Phi) is 4.07. The number of carboxylic acid groups (broad SMARTS) is 1. The molecule has 0 aliphatic carbocycles. The number of amides is 1. The summed E-state index contributed by atoms with van der Waals surface area (Å²) in [6.07, 6.45) is 2.99. The molecule has 0 radical (unpaired) electrons. The molecule has 1 saturated heterocycles. The maximum absolute atomic E-state index is 12.0. The predicted octanol–water partition coefficient (Wildman–Crippen LogP) is -0.127. The highest BCUT2D eigenvalue weighted by molar-refractivity contribution is 7.92. The van der Waals surface area contributed by atoms with Gasteiger partial charge < -0.3 is 10.4 Å². The van der Waals surface area contributed by atoms with Gasteiger partial charge in [-0.3, -0.25) is 14.3 Å². The number of sulfone groups is 1. The van der Waals surface area contributed by atoms with Gasteiger partial charge in [-0.2, -0.15) is 5.10 Å². The smallest absolute Gasteiger partial charge is 0.325 e. The van der Waals surface area contributed by atoms with Crippen molar-refractivity contribution in [1.82, 2.24) is 9.78 Å². The third kappa shape index (κ3) is 3.35. The third-order valence-corrected chi connectivity index (χ3v) is 5.23. The van der Waals surface area contributed by atoms with Crippen LogP contribution in [0.2, 0.25) is 0 Å². The molecule has 1 amide bonds. The molecule has 0 saturated carbocycles. The third-order valence-electron chi connectivity index (χ3n) is 3.06. The Bertz CT molecular complexity index is 622. The second kappa shape index (κ2) is 5.61. The molecule has 1 aliphatic rings. The van der Waals surface area contributed by atoms with Gasteiger partial charge in [0.25, 0.3) is 0 Å². The maximum Gasteiger partial charge on any atom is 0.325 e. The molecule has 110 valence electrons. The number of carbonyl (C=O) groups is 2. The Hall–Kier alpha value is -1.90. The van der Waals surface area contributed by atoms with Gasteiger partial charge in [0.1, 0.15) is 11.8 Å². The van der Waals surface area contributed by atoms with E-state index in [0.717, 1.165) is 4.68 Å². The van der Waals surface area contributed by atoms with E-state index in [-0.39, 0.29) is 18.1 Å². The maximum atomic E-state index is 12.0. The molecule has 20 heavy (non-hydrogen) atoms. The number of carbonyl (C=O) groups excluding carboxylic acids is 1. The zero-order valence-corrected chi connectivity index (χ0v) is 11.5. The molecule has 0 spiro atoms. The van der Waals surface area contributed by atoms with E-state index in [1.165, 1.54) is 12.3 Å². The van der Waals surface area contributed by atoms with Gasteiger partial charge in [0.15, 0.2) is 15.7 Å². The standard InChI is InChI=1S/C11H15N3O5S/c15-10(16)7-14-5-4-9(13-14)12-11(17)8-3-1-2-6-20(8,18)19/h4-5,8H,1-3,6-7H2,(H,15,16)(H,12,13,17). The van der Waals surface area contributed by atoms with Gasteiger partial charge in [-0.05, 0) is 12.8 Å². The molecule has 9 heteroatoms. The quantitative estimate of drug-likeness (QED) is 0.800. The van der Waals surface area contributed by atoms with Gasteiger partial charge in [-0.1, -0.05) is 6.42 Å². The molecular formula is C11H15N3O5S. The number of nitrogens with zero attached hydrogens (tertiary/aromatic N) is 2. The molecule has 1 unspecified atom stereocenters. The van der Waals surface area contributed by atoms with E-state index in [4.69, 9.17) is 5.11 Å². The van der Waals surface area contributed by atoms with Crippen molar-refractivity contribution >= 4 is 27.5 Å². The molecule has 8 nitrogen and oxygen atoms in total. The number of anilines is 1. The molecule has 2 N–H and O–H groups in total. The van der Waals surface area contributed by atoms with Crippen molar-refractivity contribution in [2.45, 2.75) is 31.1 Å². The number of rotatable bonds is 4. The number of carboxylic acids is 1. The van der Waals surface area contributed by atoms with E-state index in [1.807, 2.05) is 0 Å². The largest absolute Gasteiger partial charge is 0.480 e. The number of nitrogens with one attached hydrogen (secondary N) is 1. The Morgan fingerprint density at radius 1 is 1.45 bits per heavy atom. The molecule has 1 fully saturated rings. The fourth-order valence-electron chi connectivity index (χ4n) is 2.11. The van der Waals surface area contributed by atoms with Crippen LogP contribution in [0, 0.1) is 0 Å². The number of hydrogen-bond acceptors (Lipinski definition) is 5. The summed E-state index contributed by atoms with van der Waals surface area (Å²) in [7, 11) is -3.40. The Balaban J connectivity index is 2.04. The zero-order chi connectivity index (χ0) is 14.8. The molecule has 0 aromatic carbocycles. The van der Waals surface area contributed by atoms with Crippen LogP contribution >= 0.6 is 0 Å². The summed E-state index contributed by atoms with van der Waals surface area (Å²) in [4.78, 5) is 22.5. The molecule has 2 rings (SSSR count). The highest BCUT2D eigenvalue weighted by Crippen LogP contribution is 2.20. The van der Waals surface area contributed by atoms with Gasteiger partial charge >= 0.3 is 5.97 Å².